The quantitative estimate of drug-likeness (QED) is 0.750. The highest BCUT2D eigenvalue weighted by molar-refractivity contribution is 7.91. The minimum atomic E-state index is -3.84. The van der Waals surface area contributed by atoms with E-state index in [1.807, 2.05) is 0 Å². The highest BCUT2D eigenvalue weighted by Crippen LogP contribution is 2.32. The van der Waals surface area contributed by atoms with E-state index in [1.54, 1.807) is 36.4 Å². The van der Waals surface area contributed by atoms with E-state index in [0.29, 0.717) is 19.4 Å². The van der Waals surface area contributed by atoms with Crippen LogP contribution in [-0.2, 0) is 19.9 Å². The van der Waals surface area contributed by atoms with Gasteiger partial charge in [0.1, 0.15) is 10.6 Å². The van der Waals surface area contributed by atoms with Crippen LogP contribution in [0.15, 0.2) is 64.4 Å². The molecule has 0 unspecified atom stereocenters. The molecule has 1 aliphatic heterocycles. The molecule has 0 spiro atoms. The molecule has 0 radical (unpaired) electrons. The fraction of sp³-hybridized carbons (Fsp3) is 0.333. The number of sulfone groups is 1. The van der Waals surface area contributed by atoms with E-state index in [-0.39, 0.29) is 21.3 Å². The van der Waals surface area contributed by atoms with E-state index in [9.17, 15) is 16.8 Å². The van der Waals surface area contributed by atoms with Crippen molar-refractivity contribution >= 4 is 19.9 Å². The van der Waals surface area contributed by atoms with Gasteiger partial charge < -0.3 is 4.74 Å². The average molecular weight is 396 g/mol. The van der Waals surface area contributed by atoms with Crippen molar-refractivity contribution in [2.45, 2.75) is 28.7 Å². The monoisotopic (exact) mass is 395 g/mol. The van der Waals surface area contributed by atoms with Gasteiger partial charge in [-0.3, -0.25) is 0 Å². The molecular weight excluding hydrogens is 374 g/mol. The van der Waals surface area contributed by atoms with Crippen molar-refractivity contribution < 1.29 is 21.6 Å². The van der Waals surface area contributed by atoms with Gasteiger partial charge >= 0.3 is 0 Å². The van der Waals surface area contributed by atoms with Crippen molar-refractivity contribution in [3.05, 3.63) is 54.6 Å². The Hall–Kier alpha value is -1.90. The molecule has 1 atom stereocenters. The minimum Gasteiger partial charge on any atom is -0.495 e. The fourth-order valence-corrected chi connectivity index (χ4v) is 6.79. The molecular formula is C18H21NO5S2. The second-order valence-electron chi connectivity index (χ2n) is 6.16. The zero-order valence-corrected chi connectivity index (χ0v) is 16.0. The van der Waals surface area contributed by atoms with Crippen molar-refractivity contribution in [1.29, 1.82) is 0 Å². The minimum absolute atomic E-state index is 0.0616. The van der Waals surface area contributed by atoms with E-state index in [0.717, 1.165) is 0 Å². The van der Waals surface area contributed by atoms with Gasteiger partial charge in [-0.2, -0.15) is 4.31 Å². The van der Waals surface area contributed by atoms with E-state index in [1.165, 1.54) is 29.6 Å². The van der Waals surface area contributed by atoms with Gasteiger partial charge in [-0.1, -0.05) is 30.3 Å². The second kappa shape index (κ2) is 7.38. The van der Waals surface area contributed by atoms with Crippen molar-refractivity contribution in [3.63, 3.8) is 0 Å². The molecule has 1 fully saturated rings. The predicted octanol–water partition coefficient (Wildman–Crippen LogP) is 2.32. The molecule has 0 aliphatic carbocycles. The first-order valence-corrected chi connectivity index (χ1v) is 11.4. The van der Waals surface area contributed by atoms with Crippen LogP contribution < -0.4 is 4.74 Å². The average Bonchev–Trinajstić information content (AvgIpc) is 3.10. The molecule has 2 aromatic carbocycles. The smallest absolute Gasteiger partial charge is 0.247 e. The summed E-state index contributed by atoms with van der Waals surface area (Å²) in [5.41, 5.74) is 0. The van der Waals surface area contributed by atoms with E-state index in [4.69, 9.17) is 4.74 Å². The third kappa shape index (κ3) is 3.62. The summed E-state index contributed by atoms with van der Waals surface area (Å²) >= 11 is 0. The maximum Gasteiger partial charge on any atom is 0.247 e. The zero-order valence-electron chi connectivity index (χ0n) is 14.4. The number of nitrogens with zero attached hydrogens (tertiary/aromatic N) is 1. The van der Waals surface area contributed by atoms with Crippen molar-refractivity contribution in [1.82, 2.24) is 4.31 Å². The Morgan fingerprint density at radius 1 is 1.00 bits per heavy atom. The summed E-state index contributed by atoms with van der Waals surface area (Å²) in [6.07, 6.45) is 1.14. The Morgan fingerprint density at radius 2 is 1.65 bits per heavy atom. The Morgan fingerprint density at radius 3 is 2.35 bits per heavy atom. The molecule has 0 N–H and O–H groups in total. The lowest BCUT2D eigenvalue weighted by Gasteiger charge is -2.24. The third-order valence-corrected chi connectivity index (χ3v) is 8.30. The molecule has 3 rings (SSSR count). The highest BCUT2D eigenvalue weighted by atomic mass is 32.2. The number of hydrogen-bond acceptors (Lipinski definition) is 5. The Bertz CT molecular complexity index is 972. The molecule has 0 bridgehead atoms. The van der Waals surface area contributed by atoms with Crippen LogP contribution in [0.1, 0.15) is 12.8 Å². The summed E-state index contributed by atoms with van der Waals surface area (Å²) in [5.74, 6) is 0.0230. The van der Waals surface area contributed by atoms with Crippen molar-refractivity contribution in [2.75, 3.05) is 19.4 Å². The Kier molecular flexibility index (Phi) is 5.36. The maximum atomic E-state index is 13.1. The van der Waals surface area contributed by atoms with Gasteiger partial charge in [-0.25, -0.2) is 16.8 Å². The molecule has 1 aliphatic rings. The SMILES string of the molecule is COc1ccccc1S(=O)(=O)N1CCC[C@H]1CS(=O)(=O)c1ccccc1. The first kappa shape index (κ1) is 18.9. The van der Waals surface area contributed by atoms with Gasteiger partial charge in [0.25, 0.3) is 0 Å². The van der Waals surface area contributed by atoms with Gasteiger partial charge in [0.05, 0.1) is 17.8 Å². The van der Waals surface area contributed by atoms with E-state index < -0.39 is 25.9 Å². The summed E-state index contributed by atoms with van der Waals surface area (Å²) in [7, 11) is -6.00. The number of rotatable bonds is 6. The molecule has 26 heavy (non-hydrogen) atoms. The fourth-order valence-electron chi connectivity index (χ4n) is 3.23. The molecule has 0 amide bonds. The molecule has 2 aromatic rings. The summed E-state index contributed by atoms with van der Waals surface area (Å²) in [6, 6.07) is 13.9. The predicted molar refractivity (Wildman–Crippen MR) is 98.4 cm³/mol. The lowest BCUT2D eigenvalue weighted by molar-refractivity contribution is 0.386. The normalized spacial score (nSPS) is 18.7. The molecule has 8 heteroatoms. The van der Waals surface area contributed by atoms with Gasteiger partial charge in [0.2, 0.25) is 10.0 Å². The van der Waals surface area contributed by atoms with Crippen molar-refractivity contribution in [3.8, 4) is 5.75 Å². The molecule has 0 aromatic heterocycles. The topological polar surface area (TPSA) is 80.8 Å². The number of ether oxygens (including phenoxy) is 1. The van der Waals surface area contributed by atoms with Crippen LogP contribution in [0.25, 0.3) is 0 Å². The van der Waals surface area contributed by atoms with E-state index >= 15 is 0 Å². The van der Waals surface area contributed by atoms with Gasteiger partial charge in [-0.05, 0) is 37.1 Å². The maximum absolute atomic E-state index is 13.1. The zero-order chi connectivity index (χ0) is 18.8. The number of hydrogen-bond donors (Lipinski definition) is 0. The summed E-state index contributed by atoms with van der Waals surface area (Å²) in [5, 5.41) is 0. The Balaban J connectivity index is 1.91. The molecule has 0 saturated carbocycles. The van der Waals surface area contributed by atoms with Crippen LogP contribution in [0.2, 0.25) is 0 Å². The Labute approximate surface area is 154 Å². The molecule has 140 valence electrons. The van der Waals surface area contributed by atoms with Gasteiger partial charge in [-0.15, -0.1) is 0 Å². The summed E-state index contributed by atoms with van der Waals surface area (Å²) < 4.78 is 58.0. The lowest BCUT2D eigenvalue weighted by Crippen LogP contribution is -2.39. The molecule has 1 saturated heterocycles. The van der Waals surface area contributed by atoms with Crippen LogP contribution in [0.5, 0.6) is 5.75 Å². The van der Waals surface area contributed by atoms with Gasteiger partial charge in [0.15, 0.2) is 9.84 Å². The largest absolute Gasteiger partial charge is 0.495 e. The number of benzene rings is 2. The van der Waals surface area contributed by atoms with Crippen LogP contribution in [-0.4, -0.2) is 46.6 Å². The third-order valence-electron chi connectivity index (χ3n) is 4.49. The second-order valence-corrected chi connectivity index (χ2v) is 10.1. The lowest BCUT2D eigenvalue weighted by atomic mass is 10.3. The highest BCUT2D eigenvalue weighted by Gasteiger charge is 2.39. The van der Waals surface area contributed by atoms with Crippen LogP contribution in [0.4, 0.5) is 0 Å². The van der Waals surface area contributed by atoms with E-state index in [2.05, 4.69) is 0 Å². The van der Waals surface area contributed by atoms with Crippen LogP contribution in [0.3, 0.4) is 0 Å². The first-order valence-electron chi connectivity index (χ1n) is 8.29. The van der Waals surface area contributed by atoms with Crippen LogP contribution in [0, 0.1) is 0 Å². The molecule has 6 nitrogen and oxygen atoms in total. The molecule has 1 heterocycles. The van der Waals surface area contributed by atoms with Crippen LogP contribution >= 0.6 is 0 Å². The summed E-state index contributed by atoms with van der Waals surface area (Å²) in [6.45, 7) is 0.301. The number of sulfonamides is 1. The van der Waals surface area contributed by atoms with Crippen molar-refractivity contribution in [2.24, 2.45) is 0 Å². The number of para-hydroxylation sites is 1. The number of methoxy groups -OCH3 is 1. The first-order chi connectivity index (χ1) is 12.4. The standard InChI is InChI=1S/C18H21NO5S2/c1-24-17-11-5-6-12-18(17)26(22,23)19-13-7-8-15(19)14-25(20,21)16-9-3-2-4-10-16/h2-6,9-12,15H,7-8,13-14H2,1H3/t15-/m0/s1. The van der Waals surface area contributed by atoms with Gasteiger partial charge in [0, 0.05) is 12.6 Å². The summed E-state index contributed by atoms with van der Waals surface area (Å²) in [4.78, 5) is 0.271.